The van der Waals surface area contributed by atoms with Crippen molar-refractivity contribution < 1.29 is 4.90 Å². The van der Waals surface area contributed by atoms with Crippen LogP contribution in [-0.4, -0.2) is 31.8 Å². The number of nitriles is 1. The number of nitrogens with one attached hydrogen (secondary N) is 1. The maximum absolute atomic E-state index is 9.32. The summed E-state index contributed by atoms with van der Waals surface area (Å²) in [6, 6.07) is 10.2. The highest BCUT2D eigenvalue weighted by atomic mass is 35.5. The minimum absolute atomic E-state index is 0.150. The molecule has 0 aliphatic rings. The molecule has 2 aromatic rings. The van der Waals surface area contributed by atoms with E-state index in [-0.39, 0.29) is 6.04 Å². The van der Waals surface area contributed by atoms with Crippen molar-refractivity contribution >= 4 is 29.2 Å². The summed E-state index contributed by atoms with van der Waals surface area (Å²) in [5.74, 6) is -0.391. The standard InChI is InChI=1S/C17H19ClN4S/c1-12-11-23-17(21-12)13(8-19)9-20-10-16(22(2)3)14-6-4-5-7-15(14)18/h4-7,9,11,13,16H,10H2,1-3H3/p+1/t13-,16+/m1/s1. The van der Waals surface area contributed by atoms with Crippen molar-refractivity contribution in [3.05, 3.63) is 50.9 Å². The number of benzene rings is 1. The number of nitrogens with zero attached hydrogens (tertiary/aromatic N) is 3. The first-order valence-electron chi connectivity index (χ1n) is 7.39. The van der Waals surface area contributed by atoms with Gasteiger partial charge in [0.15, 0.2) is 0 Å². The molecule has 2 rings (SSSR count). The van der Waals surface area contributed by atoms with Crippen LogP contribution in [-0.2, 0) is 0 Å². The Morgan fingerprint density at radius 3 is 2.74 bits per heavy atom. The molecule has 4 nitrogen and oxygen atoms in total. The van der Waals surface area contributed by atoms with Gasteiger partial charge in [-0.05, 0) is 13.0 Å². The first-order valence-corrected chi connectivity index (χ1v) is 8.64. The second-order valence-electron chi connectivity index (χ2n) is 5.60. The predicted octanol–water partition coefficient (Wildman–Crippen LogP) is 2.67. The van der Waals surface area contributed by atoms with Gasteiger partial charge in [0.1, 0.15) is 17.0 Å². The Kier molecular flexibility index (Phi) is 6.28. The highest BCUT2D eigenvalue weighted by Crippen LogP contribution is 2.22. The molecule has 1 aromatic carbocycles. The summed E-state index contributed by atoms with van der Waals surface area (Å²) < 4.78 is 0. The molecule has 1 N–H and O–H groups in total. The van der Waals surface area contributed by atoms with Crippen LogP contribution in [0.3, 0.4) is 0 Å². The van der Waals surface area contributed by atoms with E-state index in [0.717, 1.165) is 21.3 Å². The van der Waals surface area contributed by atoms with Crippen LogP contribution >= 0.6 is 22.9 Å². The third-order valence-corrected chi connectivity index (χ3v) is 4.95. The number of aryl methyl sites for hydroxylation is 1. The van der Waals surface area contributed by atoms with Crippen LogP contribution in [0.4, 0.5) is 0 Å². The van der Waals surface area contributed by atoms with Crippen LogP contribution in [0.15, 0.2) is 34.6 Å². The predicted molar refractivity (Wildman–Crippen MR) is 95.6 cm³/mol. The average molecular weight is 348 g/mol. The van der Waals surface area contributed by atoms with E-state index in [1.54, 1.807) is 6.21 Å². The Labute approximate surface area is 146 Å². The highest BCUT2D eigenvalue weighted by Gasteiger charge is 2.20. The molecule has 0 bridgehead atoms. The molecule has 0 aliphatic heterocycles. The van der Waals surface area contributed by atoms with Crippen LogP contribution in [0.25, 0.3) is 0 Å². The first kappa shape index (κ1) is 17.6. The topological polar surface area (TPSA) is 53.5 Å². The van der Waals surface area contributed by atoms with E-state index in [9.17, 15) is 5.26 Å². The van der Waals surface area contributed by atoms with Gasteiger partial charge in [0.2, 0.25) is 0 Å². The number of thiazole rings is 1. The molecule has 120 valence electrons. The molecule has 0 saturated carbocycles. The Balaban J connectivity index is 2.12. The fourth-order valence-corrected chi connectivity index (χ4v) is 3.36. The molecular weight excluding hydrogens is 328 g/mol. The minimum atomic E-state index is -0.391. The summed E-state index contributed by atoms with van der Waals surface area (Å²) in [4.78, 5) is 10.1. The SMILES string of the molecule is Cc1csc([C@H](C#N)C=NC[C@@H](c2ccccc2Cl)[NH+](C)C)n1. The van der Waals surface area contributed by atoms with E-state index >= 15 is 0 Å². The quantitative estimate of drug-likeness (QED) is 0.817. The molecule has 6 heteroatoms. The lowest BCUT2D eigenvalue weighted by atomic mass is 10.1. The van der Waals surface area contributed by atoms with Crippen LogP contribution in [0, 0.1) is 18.3 Å². The van der Waals surface area contributed by atoms with Crippen molar-refractivity contribution in [1.29, 1.82) is 5.26 Å². The van der Waals surface area contributed by atoms with Crippen LogP contribution in [0.2, 0.25) is 5.02 Å². The molecule has 0 amide bonds. The van der Waals surface area contributed by atoms with Crippen molar-refractivity contribution in [1.82, 2.24) is 4.98 Å². The van der Waals surface area contributed by atoms with Gasteiger partial charge in [0.05, 0.1) is 26.7 Å². The summed E-state index contributed by atoms with van der Waals surface area (Å²) in [5.41, 5.74) is 2.01. The lowest BCUT2D eigenvalue weighted by molar-refractivity contribution is -0.890. The lowest BCUT2D eigenvalue weighted by Gasteiger charge is -2.21. The second-order valence-corrected chi connectivity index (χ2v) is 6.90. The van der Waals surface area contributed by atoms with E-state index in [1.165, 1.54) is 16.2 Å². The van der Waals surface area contributed by atoms with Gasteiger partial charge in [-0.25, -0.2) is 4.98 Å². The summed E-state index contributed by atoms with van der Waals surface area (Å²) in [6.45, 7) is 2.50. The number of hydrogen-bond acceptors (Lipinski definition) is 4. The van der Waals surface area contributed by atoms with Crippen molar-refractivity contribution in [2.24, 2.45) is 4.99 Å². The van der Waals surface area contributed by atoms with Crippen molar-refractivity contribution in [2.75, 3.05) is 20.6 Å². The molecule has 0 spiro atoms. The van der Waals surface area contributed by atoms with Gasteiger partial charge in [-0.1, -0.05) is 29.8 Å². The molecule has 1 heterocycles. The maximum Gasteiger partial charge on any atom is 0.134 e. The summed E-state index contributed by atoms with van der Waals surface area (Å²) in [7, 11) is 4.16. The molecule has 1 aromatic heterocycles. The molecule has 0 fully saturated rings. The van der Waals surface area contributed by atoms with Gasteiger partial charge in [-0.15, -0.1) is 11.3 Å². The number of hydrogen-bond donors (Lipinski definition) is 1. The number of halogens is 1. The van der Waals surface area contributed by atoms with Crippen molar-refractivity contribution in [3.8, 4) is 6.07 Å². The van der Waals surface area contributed by atoms with Crippen LogP contribution < -0.4 is 4.90 Å². The van der Waals surface area contributed by atoms with E-state index < -0.39 is 5.92 Å². The normalized spacial score (nSPS) is 14.1. The third kappa shape index (κ3) is 4.61. The van der Waals surface area contributed by atoms with Crippen molar-refractivity contribution in [2.45, 2.75) is 18.9 Å². The Hall–Kier alpha value is -1.74. The molecular formula is C17H20ClN4S+. The van der Waals surface area contributed by atoms with E-state index in [1.807, 2.05) is 36.6 Å². The number of rotatable bonds is 6. The monoisotopic (exact) mass is 347 g/mol. The fraction of sp³-hybridized carbons (Fsp3) is 0.353. The van der Waals surface area contributed by atoms with Crippen molar-refractivity contribution in [3.63, 3.8) is 0 Å². The number of quaternary nitrogens is 1. The molecule has 2 atom stereocenters. The first-order chi connectivity index (χ1) is 11.0. The van der Waals surface area contributed by atoms with E-state index in [2.05, 4.69) is 30.1 Å². The van der Waals surface area contributed by atoms with E-state index in [4.69, 9.17) is 11.6 Å². The Bertz CT molecular complexity index is 717. The van der Waals surface area contributed by atoms with Gasteiger partial charge < -0.3 is 4.90 Å². The lowest BCUT2D eigenvalue weighted by Crippen LogP contribution is -3.06. The zero-order valence-electron chi connectivity index (χ0n) is 13.5. The van der Waals surface area contributed by atoms with Gasteiger partial charge in [-0.2, -0.15) is 5.26 Å². The fourth-order valence-electron chi connectivity index (χ4n) is 2.29. The van der Waals surface area contributed by atoms with Gasteiger partial charge in [0, 0.05) is 27.9 Å². The summed E-state index contributed by atoms with van der Waals surface area (Å²) >= 11 is 7.80. The summed E-state index contributed by atoms with van der Waals surface area (Å²) in [5, 5.41) is 12.8. The smallest absolute Gasteiger partial charge is 0.134 e. The van der Waals surface area contributed by atoms with Gasteiger partial charge >= 0.3 is 0 Å². The summed E-state index contributed by atoms with van der Waals surface area (Å²) in [6.07, 6.45) is 1.70. The largest absolute Gasteiger partial charge is 0.332 e. The average Bonchev–Trinajstić information content (AvgIpc) is 2.94. The van der Waals surface area contributed by atoms with E-state index in [0.29, 0.717) is 6.54 Å². The number of aromatic nitrogens is 1. The Morgan fingerprint density at radius 1 is 1.43 bits per heavy atom. The molecule has 0 aliphatic carbocycles. The number of aliphatic imine (C=N–C) groups is 1. The minimum Gasteiger partial charge on any atom is -0.332 e. The second kappa shape index (κ2) is 8.21. The third-order valence-electron chi connectivity index (χ3n) is 3.56. The highest BCUT2D eigenvalue weighted by molar-refractivity contribution is 7.09. The number of likely N-dealkylation sites (N-methyl/N-ethyl adjacent to an activating group) is 1. The van der Waals surface area contributed by atoms with Crippen LogP contribution in [0.5, 0.6) is 0 Å². The molecule has 0 unspecified atom stereocenters. The zero-order chi connectivity index (χ0) is 16.8. The zero-order valence-corrected chi connectivity index (χ0v) is 15.0. The maximum atomic E-state index is 9.32. The molecule has 0 radical (unpaired) electrons. The van der Waals surface area contributed by atoms with Crippen LogP contribution in [0.1, 0.15) is 28.2 Å². The van der Waals surface area contributed by atoms with Gasteiger partial charge in [-0.3, -0.25) is 4.99 Å². The Morgan fingerprint density at radius 2 is 2.17 bits per heavy atom. The van der Waals surface area contributed by atoms with Gasteiger partial charge in [0.25, 0.3) is 0 Å². The molecule has 23 heavy (non-hydrogen) atoms. The molecule has 0 saturated heterocycles.